The topological polar surface area (TPSA) is 79.0 Å². The molecule has 0 aromatic heterocycles. The normalized spacial score (nSPS) is 20.8. The smallest absolute Gasteiger partial charge is 0.410 e. The fourth-order valence-electron chi connectivity index (χ4n) is 3.59. The first-order chi connectivity index (χ1) is 12.6. The minimum absolute atomic E-state index is 0.0787. The van der Waals surface area contributed by atoms with Gasteiger partial charge in [0.15, 0.2) is 5.75 Å². The van der Waals surface area contributed by atoms with Crippen LogP contribution in [-0.2, 0) is 11.2 Å². The molecule has 1 saturated heterocycles. The molecule has 1 fully saturated rings. The number of carbonyl (C=O) groups is 1. The van der Waals surface area contributed by atoms with Gasteiger partial charge in [0.25, 0.3) is 5.69 Å². The second kappa shape index (κ2) is 7.02. The van der Waals surface area contributed by atoms with E-state index in [1.54, 1.807) is 17.0 Å². The lowest BCUT2D eigenvalue weighted by Crippen LogP contribution is -2.56. The summed E-state index contributed by atoms with van der Waals surface area (Å²) in [4.78, 5) is 25.5. The molecule has 0 unspecified atom stereocenters. The van der Waals surface area contributed by atoms with Crippen LogP contribution in [-0.4, -0.2) is 41.4 Å². The van der Waals surface area contributed by atoms with Crippen LogP contribution in [0, 0.1) is 4.91 Å². The summed E-state index contributed by atoms with van der Waals surface area (Å²) < 4.78 is 17.3. The van der Waals surface area contributed by atoms with Gasteiger partial charge in [-0.25, -0.2) is 4.79 Å². The monoisotopic (exact) mass is 377 g/mol. The van der Waals surface area contributed by atoms with Crippen molar-refractivity contribution >= 4 is 11.8 Å². The number of rotatable bonds is 4. The molecule has 3 rings (SSSR count). The molecule has 7 nitrogen and oxygen atoms in total. The van der Waals surface area contributed by atoms with E-state index in [4.69, 9.17) is 14.2 Å². The third-order valence-electron chi connectivity index (χ3n) is 4.71. The van der Waals surface area contributed by atoms with E-state index in [0.717, 1.165) is 30.6 Å². The number of hydrogen-bond acceptors (Lipinski definition) is 5. The van der Waals surface area contributed by atoms with E-state index in [0.29, 0.717) is 24.6 Å². The first kappa shape index (κ1) is 19.5. The van der Waals surface area contributed by atoms with E-state index in [2.05, 4.69) is 0 Å². The minimum Gasteiger partial charge on any atom is -0.487 e. The molecule has 0 bridgehead atoms. The second-order valence-electron chi connectivity index (χ2n) is 8.88. The van der Waals surface area contributed by atoms with Crippen LogP contribution in [0.15, 0.2) is 12.1 Å². The first-order valence-electron chi connectivity index (χ1n) is 9.44. The average Bonchev–Trinajstić information content (AvgIpc) is 3.12. The predicted octanol–water partition coefficient (Wildman–Crippen LogP) is 2.66. The summed E-state index contributed by atoms with van der Waals surface area (Å²) in [5.74, 6) is 1.18. The van der Waals surface area contributed by atoms with E-state index in [-0.39, 0.29) is 17.7 Å². The van der Waals surface area contributed by atoms with Gasteiger partial charge in [0.1, 0.15) is 23.6 Å². The summed E-state index contributed by atoms with van der Waals surface area (Å²) in [6.07, 6.45) is 2.16. The Morgan fingerprint density at radius 2 is 2.11 bits per heavy atom. The summed E-state index contributed by atoms with van der Waals surface area (Å²) in [5, 5.41) is 1.96. The maximum atomic E-state index is 12.4. The van der Waals surface area contributed by atoms with Gasteiger partial charge < -0.3 is 19.1 Å². The van der Waals surface area contributed by atoms with E-state index in [1.165, 1.54) is 0 Å². The molecule has 1 aromatic rings. The Morgan fingerprint density at radius 1 is 1.37 bits per heavy atom. The van der Waals surface area contributed by atoms with Crippen LogP contribution in [0.5, 0.6) is 11.5 Å². The van der Waals surface area contributed by atoms with Gasteiger partial charge in [0.05, 0.1) is 6.04 Å². The molecule has 7 heteroatoms. The number of carbonyl (C=O) groups excluding carboxylic acids is 1. The van der Waals surface area contributed by atoms with Crippen molar-refractivity contribution in [1.82, 2.24) is 4.90 Å². The van der Waals surface area contributed by atoms with Gasteiger partial charge >= 0.3 is 6.09 Å². The van der Waals surface area contributed by atoms with Crippen LogP contribution < -0.4 is 14.7 Å². The van der Waals surface area contributed by atoms with Gasteiger partial charge in [-0.15, -0.1) is 0 Å². The van der Waals surface area contributed by atoms with Crippen LogP contribution in [0.1, 0.15) is 53.0 Å². The maximum absolute atomic E-state index is 12.4. The van der Waals surface area contributed by atoms with Crippen molar-refractivity contribution in [2.75, 3.05) is 13.2 Å². The predicted molar refractivity (Wildman–Crippen MR) is 100 cm³/mol. The SMILES string of the molecule is CC(C)(C)OC(=O)N1CCC[C@@H]1COc1cc2c(cc1[NH+]=O)CC(C)(C)O2. The summed E-state index contributed by atoms with van der Waals surface area (Å²) in [6.45, 7) is 10.5. The first-order valence-corrected chi connectivity index (χ1v) is 9.44. The number of nitroso groups, excluding NO2 is 1. The number of ether oxygens (including phenoxy) is 3. The summed E-state index contributed by atoms with van der Waals surface area (Å²) in [5.41, 5.74) is 0.549. The Kier molecular flexibility index (Phi) is 5.06. The average molecular weight is 377 g/mol. The molecule has 2 aliphatic heterocycles. The Labute approximate surface area is 159 Å². The highest BCUT2D eigenvalue weighted by Gasteiger charge is 2.35. The van der Waals surface area contributed by atoms with Crippen molar-refractivity contribution in [3.63, 3.8) is 0 Å². The largest absolute Gasteiger partial charge is 0.487 e. The highest BCUT2D eigenvalue weighted by atomic mass is 16.6. The summed E-state index contributed by atoms with van der Waals surface area (Å²) >= 11 is 0. The van der Waals surface area contributed by atoms with E-state index in [1.807, 2.05) is 39.8 Å². The molecule has 1 amide bonds. The number of nitrogens with one attached hydrogen (secondary N) is 1. The Morgan fingerprint density at radius 3 is 2.78 bits per heavy atom. The molecule has 148 valence electrons. The fraction of sp³-hybridized carbons (Fsp3) is 0.650. The highest BCUT2D eigenvalue weighted by Crippen LogP contribution is 2.40. The lowest BCUT2D eigenvalue weighted by Gasteiger charge is -2.28. The van der Waals surface area contributed by atoms with Crippen LogP contribution in [0.4, 0.5) is 10.5 Å². The maximum Gasteiger partial charge on any atom is 0.410 e. The molecular weight excluding hydrogens is 348 g/mol. The molecular formula is C20H29N2O5+. The van der Waals surface area contributed by atoms with E-state index >= 15 is 0 Å². The fourth-order valence-corrected chi connectivity index (χ4v) is 3.59. The molecule has 27 heavy (non-hydrogen) atoms. The number of amides is 1. The molecule has 1 atom stereocenters. The number of fused-ring (bicyclic) bond motifs is 1. The van der Waals surface area contributed by atoms with Crippen molar-refractivity contribution in [3.05, 3.63) is 22.6 Å². The number of nitrogens with zero attached hydrogens (tertiary/aromatic N) is 1. The van der Waals surface area contributed by atoms with Crippen LogP contribution in [0.2, 0.25) is 0 Å². The second-order valence-corrected chi connectivity index (χ2v) is 8.88. The zero-order valence-corrected chi connectivity index (χ0v) is 16.8. The van der Waals surface area contributed by atoms with Gasteiger partial charge in [-0.05, 0) is 47.5 Å². The Hall–Kier alpha value is -2.31. The van der Waals surface area contributed by atoms with Crippen molar-refractivity contribution in [2.24, 2.45) is 0 Å². The van der Waals surface area contributed by atoms with Crippen LogP contribution >= 0.6 is 0 Å². The van der Waals surface area contributed by atoms with Crippen LogP contribution in [0.3, 0.4) is 0 Å². The Bertz CT molecular complexity index is 739. The van der Waals surface area contributed by atoms with Gasteiger partial charge in [-0.1, -0.05) is 0 Å². The van der Waals surface area contributed by atoms with Crippen molar-refractivity contribution in [1.29, 1.82) is 0 Å². The standard InChI is InChI=1S/C20H28N2O5/c1-19(2,3)27-18(23)22-8-6-7-14(22)12-25-17-10-16-13(9-15(17)21-24)11-20(4,5)26-16/h9-10,14H,6-8,11-12H2,1-5H3/p+1/t14-/m1/s1. The molecule has 0 spiro atoms. The van der Waals surface area contributed by atoms with Crippen molar-refractivity contribution < 1.29 is 24.2 Å². The van der Waals surface area contributed by atoms with Gasteiger partial charge in [-0.3, -0.25) is 0 Å². The molecule has 1 N–H and O–H groups in total. The zero-order valence-electron chi connectivity index (χ0n) is 16.8. The molecule has 0 radical (unpaired) electrons. The van der Waals surface area contributed by atoms with Gasteiger partial charge in [-0.2, -0.15) is 0 Å². The van der Waals surface area contributed by atoms with Crippen molar-refractivity contribution in [2.45, 2.75) is 71.1 Å². The number of likely N-dealkylation sites (tertiary alicyclic amines) is 1. The Balaban J connectivity index is 1.69. The molecule has 0 saturated carbocycles. The summed E-state index contributed by atoms with van der Waals surface area (Å²) in [6, 6.07) is 3.47. The third-order valence-corrected chi connectivity index (χ3v) is 4.71. The highest BCUT2D eigenvalue weighted by molar-refractivity contribution is 5.69. The number of hydrogen-bond donors (Lipinski definition) is 1. The minimum atomic E-state index is -0.533. The van der Waals surface area contributed by atoms with Crippen molar-refractivity contribution in [3.8, 4) is 11.5 Å². The van der Waals surface area contributed by atoms with Gasteiger partial charge in [0, 0.05) is 40.7 Å². The molecule has 2 aliphatic rings. The third kappa shape index (κ3) is 4.51. The molecule has 1 aromatic carbocycles. The quantitative estimate of drug-likeness (QED) is 0.873. The van der Waals surface area contributed by atoms with Crippen LogP contribution in [0.25, 0.3) is 0 Å². The van der Waals surface area contributed by atoms with E-state index in [9.17, 15) is 9.70 Å². The van der Waals surface area contributed by atoms with Gasteiger partial charge in [0.2, 0.25) is 0 Å². The lowest BCUT2D eigenvalue weighted by atomic mass is 10.0. The molecule has 0 aliphatic carbocycles. The number of benzene rings is 1. The zero-order chi connectivity index (χ0) is 19.8. The summed E-state index contributed by atoms with van der Waals surface area (Å²) in [7, 11) is 0. The van der Waals surface area contributed by atoms with E-state index < -0.39 is 5.60 Å². The lowest BCUT2D eigenvalue weighted by molar-refractivity contribution is -0.380. The molecule has 2 heterocycles.